The zero-order valence-corrected chi connectivity index (χ0v) is 20.8. The Morgan fingerprint density at radius 2 is 1.74 bits per heavy atom. The molecule has 1 aliphatic rings. The van der Waals surface area contributed by atoms with E-state index in [1.165, 1.54) is 18.9 Å². The summed E-state index contributed by atoms with van der Waals surface area (Å²) in [6.45, 7) is 5.37. The molecule has 3 aromatic rings. The molecule has 2 amide bonds. The molecule has 0 unspecified atom stereocenters. The fourth-order valence-electron chi connectivity index (χ4n) is 4.23. The number of methoxy groups -OCH3 is 1. The van der Waals surface area contributed by atoms with Crippen molar-refractivity contribution in [3.8, 4) is 0 Å². The van der Waals surface area contributed by atoms with Gasteiger partial charge in [-0.15, -0.1) is 11.8 Å². The molecule has 0 spiro atoms. The Bertz CT molecular complexity index is 1210. The molecule has 184 valence electrons. The van der Waals surface area contributed by atoms with Gasteiger partial charge in [-0.2, -0.15) is 0 Å². The molecule has 2 aromatic carbocycles. The van der Waals surface area contributed by atoms with Gasteiger partial charge in [0.2, 0.25) is 11.8 Å². The number of para-hydroxylation sites is 1. The fraction of sp³-hybridized carbons (Fsp3) is 0.346. The van der Waals surface area contributed by atoms with Crippen molar-refractivity contribution in [2.45, 2.75) is 37.5 Å². The van der Waals surface area contributed by atoms with E-state index in [1.54, 1.807) is 24.3 Å². The first-order valence-corrected chi connectivity index (χ1v) is 12.4. The molecule has 1 N–H and O–H groups in total. The highest BCUT2D eigenvalue weighted by Gasteiger charge is 2.26. The number of rotatable bonds is 7. The molecule has 1 fully saturated rings. The number of carbonyl (C=O) groups excluding carboxylic acids is 3. The Labute approximate surface area is 208 Å². The van der Waals surface area contributed by atoms with Crippen LogP contribution in [0.4, 0.5) is 5.69 Å². The van der Waals surface area contributed by atoms with Crippen LogP contribution < -0.4 is 5.32 Å². The van der Waals surface area contributed by atoms with Crippen LogP contribution in [0.3, 0.4) is 0 Å². The monoisotopic (exact) mass is 495 g/mol. The minimum atomic E-state index is -0.425. The van der Waals surface area contributed by atoms with Crippen LogP contribution in [0.5, 0.6) is 0 Å². The summed E-state index contributed by atoms with van der Waals surface area (Å²) < 4.78 is 12.4. The van der Waals surface area contributed by atoms with E-state index in [2.05, 4.69) is 10.1 Å². The Hall–Kier alpha value is -3.30. The average Bonchev–Trinajstić information content (AvgIpc) is 3.19. The highest BCUT2D eigenvalue weighted by atomic mass is 32.2. The number of ether oxygens (including phenoxy) is 2. The predicted octanol–water partition coefficient (Wildman–Crippen LogP) is 3.79. The molecule has 2 atom stereocenters. The number of benzene rings is 2. The number of hydrogen-bond donors (Lipinski definition) is 1. The van der Waals surface area contributed by atoms with Crippen molar-refractivity contribution in [3.63, 3.8) is 0 Å². The minimum Gasteiger partial charge on any atom is -0.465 e. The largest absolute Gasteiger partial charge is 0.465 e. The molecular weight excluding hydrogens is 466 g/mol. The number of morpholine rings is 1. The van der Waals surface area contributed by atoms with E-state index in [-0.39, 0.29) is 36.3 Å². The average molecular weight is 496 g/mol. The van der Waals surface area contributed by atoms with Gasteiger partial charge in [0.25, 0.3) is 0 Å². The molecule has 9 heteroatoms. The van der Waals surface area contributed by atoms with Crippen molar-refractivity contribution in [1.29, 1.82) is 0 Å². The Balaban J connectivity index is 1.41. The topological polar surface area (TPSA) is 89.9 Å². The summed E-state index contributed by atoms with van der Waals surface area (Å²) in [5, 5.41) is 3.85. The first kappa shape index (κ1) is 24.8. The molecule has 1 saturated heterocycles. The number of esters is 1. The van der Waals surface area contributed by atoms with Gasteiger partial charge in [-0.05, 0) is 44.2 Å². The van der Waals surface area contributed by atoms with Gasteiger partial charge in [0.15, 0.2) is 0 Å². The Morgan fingerprint density at radius 3 is 2.43 bits per heavy atom. The lowest BCUT2D eigenvalue weighted by Crippen LogP contribution is -2.49. The Morgan fingerprint density at radius 1 is 1.06 bits per heavy atom. The van der Waals surface area contributed by atoms with E-state index in [0.717, 1.165) is 15.8 Å². The van der Waals surface area contributed by atoms with E-state index >= 15 is 0 Å². The second kappa shape index (κ2) is 11.0. The number of anilines is 1. The molecule has 0 bridgehead atoms. The molecule has 1 aromatic heterocycles. The number of nitrogens with one attached hydrogen (secondary N) is 1. The number of aromatic nitrogens is 1. The summed E-state index contributed by atoms with van der Waals surface area (Å²) in [7, 11) is 1.33. The van der Waals surface area contributed by atoms with E-state index in [9.17, 15) is 14.4 Å². The number of nitrogens with zero attached hydrogens (tertiary/aromatic N) is 2. The van der Waals surface area contributed by atoms with Crippen LogP contribution in [-0.4, -0.2) is 65.4 Å². The van der Waals surface area contributed by atoms with Crippen molar-refractivity contribution in [1.82, 2.24) is 9.47 Å². The van der Waals surface area contributed by atoms with Gasteiger partial charge >= 0.3 is 5.97 Å². The first-order valence-electron chi connectivity index (χ1n) is 11.5. The third-order valence-corrected chi connectivity index (χ3v) is 6.82. The minimum absolute atomic E-state index is 0.0189. The third kappa shape index (κ3) is 6.04. The quantitative estimate of drug-likeness (QED) is 0.396. The van der Waals surface area contributed by atoms with Gasteiger partial charge in [-0.3, -0.25) is 9.59 Å². The molecule has 4 rings (SSSR count). The van der Waals surface area contributed by atoms with Crippen LogP contribution >= 0.6 is 11.8 Å². The van der Waals surface area contributed by atoms with Crippen LogP contribution in [0, 0.1) is 0 Å². The van der Waals surface area contributed by atoms with Gasteiger partial charge < -0.3 is 24.3 Å². The van der Waals surface area contributed by atoms with Crippen LogP contribution in [0.25, 0.3) is 10.9 Å². The number of carbonyl (C=O) groups is 3. The summed E-state index contributed by atoms with van der Waals surface area (Å²) in [4.78, 5) is 39.9. The molecule has 2 heterocycles. The zero-order chi connectivity index (χ0) is 24.9. The molecule has 0 saturated carbocycles. The van der Waals surface area contributed by atoms with Crippen LogP contribution in [0.1, 0.15) is 24.2 Å². The lowest BCUT2D eigenvalue weighted by molar-refractivity contribution is -0.143. The molecule has 1 aliphatic heterocycles. The van der Waals surface area contributed by atoms with Crippen molar-refractivity contribution in [2.75, 3.05) is 31.3 Å². The molecule has 35 heavy (non-hydrogen) atoms. The van der Waals surface area contributed by atoms with Crippen LogP contribution in [-0.2, 0) is 25.6 Å². The summed E-state index contributed by atoms with van der Waals surface area (Å²) in [6, 6.07) is 14.4. The smallest absolute Gasteiger partial charge is 0.337 e. The summed E-state index contributed by atoms with van der Waals surface area (Å²) >= 11 is 1.42. The van der Waals surface area contributed by atoms with E-state index in [0.29, 0.717) is 24.3 Å². The first-order chi connectivity index (χ1) is 16.8. The van der Waals surface area contributed by atoms with Gasteiger partial charge in [0.1, 0.15) is 6.54 Å². The second-order valence-corrected chi connectivity index (χ2v) is 9.62. The van der Waals surface area contributed by atoms with Gasteiger partial charge in [0, 0.05) is 40.8 Å². The highest BCUT2D eigenvalue weighted by Crippen LogP contribution is 2.30. The third-order valence-electron chi connectivity index (χ3n) is 5.78. The maximum atomic E-state index is 13.0. The van der Waals surface area contributed by atoms with E-state index < -0.39 is 5.97 Å². The number of thioether (sulfide) groups is 1. The van der Waals surface area contributed by atoms with Gasteiger partial charge in [-0.1, -0.05) is 18.2 Å². The predicted molar refractivity (Wildman–Crippen MR) is 136 cm³/mol. The normalized spacial score (nSPS) is 17.9. The van der Waals surface area contributed by atoms with Gasteiger partial charge in [0.05, 0.1) is 30.6 Å². The maximum Gasteiger partial charge on any atom is 0.337 e. The summed E-state index contributed by atoms with van der Waals surface area (Å²) in [5.41, 5.74) is 1.98. The number of amides is 2. The summed E-state index contributed by atoms with van der Waals surface area (Å²) in [6.07, 6.45) is 1.98. The maximum absolute atomic E-state index is 13.0. The van der Waals surface area contributed by atoms with Crippen LogP contribution in [0.2, 0.25) is 0 Å². The second-order valence-electron chi connectivity index (χ2n) is 8.60. The van der Waals surface area contributed by atoms with Crippen molar-refractivity contribution >= 4 is 46.1 Å². The fourth-order valence-corrected chi connectivity index (χ4v) is 5.12. The number of fused-ring (bicyclic) bond motifs is 1. The van der Waals surface area contributed by atoms with Crippen molar-refractivity contribution in [2.24, 2.45) is 0 Å². The molecule has 8 nitrogen and oxygen atoms in total. The Kier molecular flexibility index (Phi) is 7.77. The zero-order valence-electron chi connectivity index (χ0n) is 20.0. The highest BCUT2D eigenvalue weighted by molar-refractivity contribution is 8.00. The lowest BCUT2D eigenvalue weighted by atomic mass is 10.2. The molecule has 0 aliphatic carbocycles. The molecular formula is C26H29N3O5S. The van der Waals surface area contributed by atoms with Gasteiger partial charge in [-0.25, -0.2) is 4.79 Å². The number of hydrogen-bond acceptors (Lipinski definition) is 6. The molecule has 0 radical (unpaired) electrons. The standard InChI is InChI=1S/C26H29N3O5S/c1-17-12-29(13-18(2)34-17)25(31)15-28-14-23(21-6-4-5-7-22(21)28)35-16-24(30)27-20-10-8-19(9-11-20)26(32)33-3/h4-11,14,17-18H,12-13,15-16H2,1-3H3,(H,27,30)/t17-,18-/m0/s1. The SMILES string of the molecule is COC(=O)c1ccc(NC(=O)CSc2cn(CC(=O)N3C[C@H](C)O[C@@H](C)C3)c3ccccc23)cc1. The summed E-state index contributed by atoms with van der Waals surface area (Å²) in [5.74, 6) is -0.326. The van der Waals surface area contributed by atoms with Crippen molar-refractivity contribution in [3.05, 3.63) is 60.3 Å². The van der Waals surface area contributed by atoms with Crippen LogP contribution in [0.15, 0.2) is 59.6 Å². The van der Waals surface area contributed by atoms with E-state index in [1.807, 2.05) is 53.8 Å². The van der Waals surface area contributed by atoms with E-state index in [4.69, 9.17) is 4.74 Å². The lowest BCUT2D eigenvalue weighted by Gasteiger charge is -2.35. The van der Waals surface area contributed by atoms with Crippen molar-refractivity contribution < 1.29 is 23.9 Å².